The average Bonchev–Trinajstić information content (AvgIpc) is 3.31. The van der Waals surface area contributed by atoms with Gasteiger partial charge in [-0.15, -0.1) is 0 Å². The van der Waals surface area contributed by atoms with Crippen LogP contribution in [0.25, 0.3) is 0 Å². The zero-order chi connectivity index (χ0) is 20.9. The van der Waals surface area contributed by atoms with Crippen LogP contribution >= 0.6 is 0 Å². The number of likely N-dealkylation sites (N-methyl/N-ethyl adjacent to an activating group) is 1. The van der Waals surface area contributed by atoms with Crippen LogP contribution in [0, 0.1) is 0 Å². The fourth-order valence-electron chi connectivity index (χ4n) is 4.52. The lowest BCUT2D eigenvalue weighted by Crippen LogP contribution is -2.47. The van der Waals surface area contributed by atoms with Gasteiger partial charge in [0, 0.05) is 6.54 Å². The molecule has 2 aliphatic rings. The van der Waals surface area contributed by atoms with Gasteiger partial charge in [0.2, 0.25) is 0 Å². The Morgan fingerprint density at radius 1 is 0.967 bits per heavy atom. The number of hydrogen-bond acceptors (Lipinski definition) is 6. The molecule has 1 unspecified atom stereocenters. The molecule has 1 saturated heterocycles. The van der Waals surface area contributed by atoms with E-state index in [1.807, 2.05) is 55.6 Å². The standard InChI is InChI=1S/C24H32N2O4/c1-25(21(17-27)18-7-3-2-4-8-18)20(16-26-11-5-6-12-26)24(28)19-9-10-22-23(15-19)30-14-13-29-22/h2-4,7-10,15,20-21,24,27-28H,5-6,11-14,16-17H2,1H3/t20-,21?,24-/m1/s1. The van der Waals surface area contributed by atoms with E-state index in [-0.39, 0.29) is 18.7 Å². The average molecular weight is 413 g/mol. The van der Waals surface area contributed by atoms with Gasteiger partial charge in [-0.1, -0.05) is 36.4 Å². The van der Waals surface area contributed by atoms with Crippen molar-refractivity contribution in [3.05, 3.63) is 59.7 Å². The molecule has 2 aliphatic heterocycles. The summed E-state index contributed by atoms with van der Waals surface area (Å²) < 4.78 is 11.4. The smallest absolute Gasteiger partial charge is 0.161 e. The third-order valence-corrected chi connectivity index (χ3v) is 6.29. The highest BCUT2D eigenvalue weighted by atomic mass is 16.6. The fourth-order valence-corrected chi connectivity index (χ4v) is 4.52. The van der Waals surface area contributed by atoms with Crippen LogP contribution in [0.1, 0.15) is 36.1 Å². The van der Waals surface area contributed by atoms with Gasteiger partial charge in [0.25, 0.3) is 0 Å². The number of aliphatic hydroxyl groups excluding tert-OH is 2. The first-order valence-corrected chi connectivity index (χ1v) is 10.8. The van der Waals surface area contributed by atoms with Gasteiger partial charge < -0.3 is 24.6 Å². The Labute approximate surface area is 178 Å². The minimum absolute atomic E-state index is 0.00906. The maximum Gasteiger partial charge on any atom is 0.161 e. The summed E-state index contributed by atoms with van der Waals surface area (Å²) in [6, 6.07) is 15.3. The zero-order valence-electron chi connectivity index (χ0n) is 17.6. The molecule has 0 spiro atoms. The Balaban J connectivity index is 1.61. The summed E-state index contributed by atoms with van der Waals surface area (Å²) in [6.07, 6.45) is 1.67. The molecule has 3 atom stereocenters. The topological polar surface area (TPSA) is 65.4 Å². The maximum absolute atomic E-state index is 11.5. The van der Waals surface area contributed by atoms with Gasteiger partial charge in [0.05, 0.1) is 24.8 Å². The second-order valence-electron chi connectivity index (χ2n) is 8.20. The van der Waals surface area contributed by atoms with Gasteiger partial charge in [-0.2, -0.15) is 0 Å². The van der Waals surface area contributed by atoms with E-state index >= 15 is 0 Å². The second-order valence-corrected chi connectivity index (χ2v) is 8.20. The molecule has 2 aromatic rings. The highest BCUT2D eigenvalue weighted by molar-refractivity contribution is 5.44. The molecule has 2 N–H and O–H groups in total. The molecule has 30 heavy (non-hydrogen) atoms. The summed E-state index contributed by atoms with van der Waals surface area (Å²) in [7, 11) is 2.00. The Hall–Kier alpha value is -2.12. The molecule has 1 fully saturated rings. The Morgan fingerprint density at radius 3 is 2.37 bits per heavy atom. The summed E-state index contributed by atoms with van der Waals surface area (Å²) in [4.78, 5) is 4.52. The number of hydrogen-bond donors (Lipinski definition) is 2. The number of fused-ring (bicyclic) bond motifs is 1. The van der Waals surface area contributed by atoms with Crippen molar-refractivity contribution in [1.82, 2.24) is 9.80 Å². The van der Waals surface area contributed by atoms with E-state index in [1.165, 1.54) is 12.8 Å². The summed E-state index contributed by atoms with van der Waals surface area (Å²) in [6.45, 7) is 3.90. The summed E-state index contributed by atoms with van der Waals surface area (Å²) >= 11 is 0. The molecule has 4 rings (SSSR count). The number of aliphatic hydroxyl groups is 2. The number of likely N-dealkylation sites (tertiary alicyclic amines) is 1. The zero-order valence-corrected chi connectivity index (χ0v) is 17.6. The van der Waals surface area contributed by atoms with Crippen molar-refractivity contribution in [3.63, 3.8) is 0 Å². The van der Waals surface area contributed by atoms with Gasteiger partial charge in [-0.05, 0) is 56.2 Å². The Morgan fingerprint density at radius 2 is 1.67 bits per heavy atom. The highest BCUT2D eigenvalue weighted by Gasteiger charge is 2.33. The molecule has 0 amide bonds. The van der Waals surface area contributed by atoms with Crippen molar-refractivity contribution in [2.75, 3.05) is 46.5 Å². The van der Waals surface area contributed by atoms with E-state index < -0.39 is 6.10 Å². The van der Waals surface area contributed by atoms with Gasteiger partial charge >= 0.3 is 0 Å². The van der Waals surface area contributed by atoms with E-state index in [0.717, 1.165) is 36.5 Å². The molecule has 2 aromatic carbocycles. The largest absolute Gasteiger partial charge is 0.486 e. The first kappa shape index (κ1) is 21.1. The molecule has 162 valence electrons. The normalized spacial score (nSPS) is 19.6. The number of rotatable bonds is 8. The Bertz CT molecular complexity index is 810. The van der Waals surface area contributed by atoms with Gasteiger partial charge in [0.15, 0.2) is 11.5 Å². The van der Waals surface area contributed by atoms with E-state index in [2.05, 4.69) is 9.80 Å². The highest BCUT2D eigenvalue weighted by Crippen LogP contribution is 2.35. The van der Waals surface area contributed by atoms with Crippen molar-refractivity contribution < 1.29 is 19.7 Å². The van der Waals surface area contributed by atoms with Gasteiger partial charge in [-0.25, -0.2) is 0 Å². The first-order valence-electron chi connectivity index (χ1n) is 10.8. The van der Waals surface area contributed by atoms with Crippen molar-refractivity contribution in [3.8, 4) is 11.5 Å². The molecule has 0 saturated carbocycles. The fraction of sp³-hybridized carbons (Fsp3) is 0.500. The maximum atomic E-state index is 11.5. The molecule has 6 heteroatoms. The van der Waals surface area contributed by atoms with E-state index in [9.17, 15) is 10.2 Å². The summed E-state index contributed by atoms with van der Waals surface area (Å²) in [5.74, 6) is 1.40. The third-order valence-electron chi connectivity index (χ3n) is 6.29. The van der Waals surface area contributed by atoms with Crippen molar-refractivity contribution in [2.24, 2.45) is 0 Å². The lowest BCUT2D eigenvalue weighted by atomic mass is 9.96. The SMILES string of the molecule is CN(C(CO)c1ccccc1)[C@H](CN1CCCC1)[C@H](O)c1ccc2c(c1)OCCO2. The molecular formula is C24H32N2O4. The quantitative estimate of drug-likeness (QED) is 0.695. The molecule has 0 aromatic heterocycles. The van der Waals surface area contributed by atoms with Gasteiger partial charge in [0.1, 0.15) is 13.2 Å². The van der Waals surface area contributed by atoms with Crippen LogP contribution in [0.4, 0.5) is 0 Å². The Kier molecular flexibility index (Phi) is 6.89. The van der Waals surface area contributed by atoms with Crippen LogP contribution in [-0.2, 0) is 0 Å². The number of ether oxygens (including phenoxy) is 2. The van der Waals surface area contributed by atoms with Crippen LogP contribution in [0.2, 0.25) is 0 Å². The lowest BCUT2D eigenvalue weighted by Gasteiger charge is -2.39. The number of nitrogens with zero attached hydrogens (tertiary/aromatic N) is 2. The molecular weight excluding hydrogens is 380 g/mol. The monoisotopic (exact) mass is 412 g/mol. The van der Waals surface area contributed by atoms with E-state index in [0.29, 0.717) is 19.0 Å². The predicted octanol–water partition coefficient (Wildman–Crippen LogP) is 2.62. The van der Waals surface area contributed by atoms with Crippen LogP contribution < -0.4 is 9.47 Å². The van der Waals surface area contributed by atoms with E-state index in [4.69, 9.17) is 9.47 Å². The molecule has 6 nitrogen and oxygen atoms in total. The van der Waals surface area contributed by atoms with Crippen LogP contribution in [-0.4, -0.2) is 72.6 Å². The van der Waals surface area contributed by atoms with Crippen molar-refractivity contribution in [1.29, 1.82) is 0 Å². The van der Waals surface area contributed by atoms with E-state index in [1.54, 1.807) is 0 Å². The van der Waals surface area contributed by atoms with Crippen LogP contribution in [0.3, 0.4) is 0 Å². The minimum Gasteiger partial charge on any atom is -0.486 e. The third kappa shape index (κ3) is 4.62. The first-order chi connectivity index (χ1) is 14.7. The van der Waals surface area contributed by atoms with Crippen LogP contribution in [0.5, 0.6) is 11.5 Å². The summed E-state index contributed by atoms with van der Waals surface area (Å²) in [5, 5.41) is 21.7. The second kappa shape index (κ2) is 9.79. The van der Waals surface area contributed by atoms with Crippen molar-refractivity contribution >= 4 is 0 Å². The lowest BCUT2D eigenvalue weighted by molar-refractivity contribution is 0.00676. The molecule has 0 radical (unpaired) electrons. The molecule has 0 bridgehead atoms. The predicted molar refractivity (Wildman–Crippen MR) is 116 cm³/mol. The summed E-state index contributed by atoms with van der Waals surface area (Å²) in [5.41, 5.74) is 1.85. The van der Waals surface area contributed by atoms with Crippen molar-refractivity contribution in [2.45, 2.75) is 31.0 Å². The minimum atomic E-state index is -0.718. The number of benzene rings is 2. The van der Waals surface area contributed by atoms with Crippen LogP contribution in [0.15, 0.2) is 48.5 Å². The molecule has 2 heterocycles. The van der Waals surface area contributed by atoms with Gasteiger partial charge in [-0.3, -0.25) is 4.90 Å². The molecule has 0 aliphatic carbocycles.